The summed E-state index contributed by atoms with van der Waals surface area (Å²) in [6, 6.07) is 14.0. The summed E-state index contributed by atoms with van der Waals surface area (Å²) in [5.41, 5.74) is 9.28. The summed E-state index contributed by atoms with van der Waals surface area (Å²) in [7, 11) is 0. The van der Waals surface area contributed by atoms with Crippen molar-refractivity contribution in [1.82, 2.24) is 9.97 Å². The molecule has 0 unspecified atom stereocenters. The van der Waals surface area contributed by atoms with E-state index in [4.69, 9.17) is 16.1 Å². The fourth-order valence-corrected chi connectivity index (χ4v) is 3.31. The fourth-order valence-electron chi connectivity index (χ4n) is 3.31. The lowest BCUT2D eigenvalue weighted by atomic mass is 10.1. The lowest BCUT2D eigenvalue weighted by Gasteiger charge is -2.27. The minimum Gasteiger partial charge on any atom is -0.384 e. The number of aromatic amines is 1. The number of hydrogen-bond acceptors (Lipinski definition) is 3. The van der Waals surface area contributed by atoms with Gasteiger partial charge in [0.25, 0.3) is 0 Å². The molecular formula is C19H21N5. The van der Waals surface area contributed by atoms with E-state index in [-0.39, 0.29) is 5.84 Å². The summed E-state index contributed by atoms with van der Waals surface area (Å²) in [6.07, 6.45) is 3.80. The van der Waals surface area contributed by atoms with Crippen LogP contribution in [0.25, 0.3) is 22.3 Å². The number of amidine groups is 1. The van der Waals surface area contributed by atoms with Gasteiger partial charge in [-0.25, -0.2) is 4.98 Å². The predicted molar refractivity (Wildman–Crippen MR) is 98.6 cm³/mol. The van der Waals surface area contributed by atoms with Crippen molar-refractivity contribution >= 4 is 22.6 Å². The van der Waals surface area contributed by atoms with E-state index in [2.05, 4.69) is 28.1 Å². The second kappa shape index (κ2) is 6.00. The lowest BCUT2D eigenvalue weighted by Crippen LogP contribution is -2.30. The number of pyridine rings is 1. The highest BCUT2D eigenvalue weighted by Crippen LogP contribution is 2.26. The van der Waals surface area contributed by atoms with Crippen LogP contribution >= 0.6 is 0 Å². The first kappa shape index (κ1) is 14.8. The van der Waals surface area contributed by atoms with Gasteiger partial charge in [-0.05, 0) is 55.7 Å². The van der Waals surface area contributed by atoms with E-state index in [1.807, 2.05) is 24.3 Å². The molecule has 24 heavy (non-hydrogen) atoms. The van der Waals surface area contributed by atoms with Crippen molar-refractivity contribution < 1.29 is 0 Å². The quantitative estimate of drug-likeness (QED) is 0.510. The standard InChI is InChI=1S/C19H21N5/c20-19(21)13-7-8-15-14(11-13)12-17(22-15)16-5-4-6-18(23-16)24-9-2-1-3-10-24/h4-8,11-12,22H,1-3,9-10H2,(H3,20,21). The summed E-state index contributed by atoms with van der Waals surface area (Å²) < 4.78 is 0. The number of nitrogens with zero attached hydrogens (tertiary/aromatic N) is 2. The van der Waals surface area contributed by atoms with Gasteiger partial charge in [0.1, 0.15) is 11.7 Å². The van der Waals surface area contributed by atoms with Gasteiger partial charge in [0, 0.05) is 29.6 Å². The van der Waals surface area contributed by atoms with E-state index in [0.717, 1.165) is 46.8 Å². The fraction of sp³-hybridized carbons (Fsp3) is 0.263. The van der Waals surface area contributed by atoms with Crippen molar-refractivity contribution in [2.75, 3.05) is 18.0 Å². The summed E-state index contributed by atoms with van der Waals surface area (Å²) in [5.74, 6) is 1.14. The number of aromatic nitrogens is 2. The van der Waals surface area contributed by atoms with Crippen LogP contribution in [0.15, 0.2) is 42.5 Å². The summed E-state index contributed by atoms with van der Waals surface area (Å²) in [5, 5.41) is 8.62. The molecule has 3 aromatic rings. The van der Waals surface area contributed by atoms with Crippen molar-refractivity contribution in [3.05, 3.63) is 48.0 Å². The maximum Gasteiger partial charge on any atom is 0.129 e. The van der Waals surface area contributed by atoms with Crippen LogP contribution in [-0.4, -0.2) is 28.9 Å². The van der Waals surface area contributed by atoms with Crippen molar-refractivity contribution in [3.8, 4) is 11.4 Å². The van der Waals surface area contributed by atoms with Gasteiger partial charge in [0.05, 0.1) is 11.4 Å². The molecule has 1 aromatic carbocycles. The minimum absolute atomic E-state index is 0.0878. The van der Waals surface area contributed by atoms with Crippen LogP contribution in [0.2, 0.25) is 0 Å². The van der Waals surface area contributed by atoms with Crippen LogP contribution in [-0.2, 0) is 0 Å². The molecule has 5 nitrogen and oxygen atoms in total. The van der Waals surface area contributed by atoms with E-state index in [1.54, 1.807) is 0 Å². The number of fused-ring (bicyclic) bond motifs is 1. The topological polar surface area (TPSA) is 81.8 Å². The van der Waals surface area contributed by atoms with E-state index >= 15 is 0 Å². The Bertz CT molecular complexity index is 890. The number of nitrogens with two attached hydrogens (primary N) is 1. The Hall–Kier alpha value is -2.82. The molecule has 1 aliphatic heterocycles. The first-order valence-corrected chi connectivity index (χ1v) is 8.40. The molecule has 1 fully saturated rings. The SMILES string of the molecule is N=C(N)c1ccc2[nH]c(-c3cccc(N4CCCCC4)n3)cc2c1. The Labute approximate surface area is 141 Å². The number of H-pyrrole nitrogens is 1. The Morgan fingerprint density at radius 3 is 2.71 bits per heavy atom. The zero-order valence-corrected chi connectivity index (χ0v) is 13.5. The Morgan fingerprint density at radius 1 is 1.08 bits per heavy atom. The number of nitrogens with one attached hydrogen (secondary N) is 2. The maximum absolute atomic E-state index is 7.57. The van der Waals surface area contributed by atoms with Crippen LogP contribution in [0.5, 0.6) is 0 Å². The van der Waals surface area contributed by atoms with Gasteiger partial charge in [-0.1, -0.05) is 6.07 Å². The first-order chi connectivity index (χ1) is 11.7. The largest absolute Gasteiger partial charge is 0.384 e. The number of anilines is 1. The molecule has 1 saturated heterocycles. The van der Waals surface area contributed by atoms with E-state index in [1.165, 1.54) is 19.3 Å². The van der Waals surface area contributed by atoms with Crippen molar-refractivity contribution in [3.63, 3.8) is 0 Å². The summed E-state index contributed by atoms with van der Waals surface area (Å²) in [6.45, 7) is 2.18. The van der Waals surface area contributed by atoms with Crippen LogP contribution in [0.1, 0.15) is 24.8 Å². The molecule has 2 aromatic heterocycles. The molecule has 0 aliphatic carbocycles. The molecule has 5 heteroatoms. The highest BCUT2D eigenvalue weighted by Gasteiger charge is 2.13. The molecule has 0 saturated carbocycles. The molecule has 122 valence electrons. The van der Waals surface area contributed by atoms with Crippen molar-refractivity contribution in [2.45, 2.75) is 19.3 Å². The second-order valence-electron chi connectivity index (χ2n) is 6.33. The minimum atomic E-state index is 0.0878. The zero-order valence-electron chi connectivity index (χ0n) is 13.5. The molecule has 0 amide bonds. The van der Waals surface area contributed by atoms with E-state index in [9.17, 15) is 0 Å². The third-order valence-electron chi connectivity index (χ3n) is 4.62. The average Bonchev–Trinajstić information content (AvgIpc) is 3.06. The van der Waals surface area contributed by atoms with Gasteiger partial charge in [0.2, 0.25) is 0 Å². The average molecular weight is 319 g/mol. The monoisotopic (exact) mass is 319 g/mol. The summed E-state index contributed by atoms with van der Waals surface area (Å²) >= 11 is 0. The molecule has 0 atom stereocenters. The predicted octanol–water partition coefficient (Wildman–Crippen LogP) is 3.50. The smallest absolute Gasteiger partial charge is 0.129 e. The number of piperidine rings is 1. The number of nitrogen functional groups attached to an aromatic ring is 1. The van der Waals surface area contributed by atoms with Crippen LogP contribution in [0.3, 0.4) is 0 Å². The number of benzene rings is 1. The molecule has 4 rings (SSSR count). The Morgan fingerprint density at radius 2 is 1.92 bits per heavy atom. The van der Waals surface area contributed by atoms with Gasteiger partial charge in [-0.3, -0.25) is 5.41 Å². The van der Waals surface area contributed by atoms with Gasteiger partial charge >= 0.3 is 0 Å². The number of rotatable bonds is 3. The highest BCUT2D eigenvalue weighted by molar-refractivity contribution is 5.99. The van der Waals surface area contributed by atoms with Crippen LogP contribution in [0.4, 0.5) is 5.82 Å². The zero-order chi connectivity index (χ0) is 16.5. The lowest BCUT2D eigenvalue weighted by molar-refractivity contribution is 0.573. The highest BCUT2D eigenvalue weighted by atomic mass is 15.2. The molecule has 1 aliphatic rings. The second-order valence-corrected chi connectivity index (χ2v) is 6.33. The van der Waals surface area contributed by atoms with Gasteiger partial charge in [0.15, 0.2) is 0 Å². The van der Waals surface area contributed by atoms with Crippen LogP contribution in [0, 0.1) is 5.41 Å². The normalized spacial score (nSPS) is 14.9. The molecule has 4 N–H and O–H groups in total. The van der Waals surface area contributed by atoms with Gasteiger partial charge < -0.3 is 15.6 Å². The molecular weight excluding hydrogens is 298 g/mol. The van der Waals surface area contributed by atoms with Gasteiger partial charge in [-0.2, -0.15) is 0 Å². The third-order valence-corrected chi connectivity index (χ3v) is 4.62. The Balaban J connectivity index is 1.70. The Kier molecular flexibility index (Phi) is 3.69. The van der Waals surface area contributed by atoms with E-state index in [0.29, 0.717) is 0 Å². The van der Waals surface area contributed by atoms with E-state index < -0.39 is 0 Å². The maximum atomic E-state index is 7.57. The molecule has 0 bridgehead atoms. The van der Waals surface area contributed by atoms with Crippen molar-refractivity contribution in [1.29, 1.82) is 5.41 Å². The third kappa shape index (κ3) is 2.73. The van der Waals surface area contributed by atoms with Crippen LogP contribution < -0.4 is 10.6 Å². The number of hydrogen-bond donors (Lipinski definition) is 3. The summed E-state index contributed by atoms with van der Waals surface area (Å²) in [4.78, 5) is 10.6. The molecule has 3 heterocycles. The van der Waals surface area contributed by atoms with Gasteiger partial charge in [-0.15, -0.1) is 0 Å². The molecule has 0 spiro atoms. The first-order valence-electron chi connectivity index (χ1n) is 8.40. The molecule has 0 radical (unpaired) electrons. The van der Waals surface area contributed by atoms with Crippen molar-refractivity contribution in [2.24, 2.45) is 5.73 Å².